The molecule has 4 rings (SSSR count). The van der Waals surface area contributed by atoms with Crippen LogP contribution in [0.3, 0.4) is 0 Å². The first-order valence-corrected chi connectivity index (χ1v) is 8.51. The number of pyridine rings is 1. The fraction of sp³-hybridized carbons (Fsp3) is 0.105. The third-order valence-corrected chi connectivity index (χ3v) is 4.28. The van der Waals surface area contributed by atoms with E-state index in [1.165, 1.54) is 0 Å². The van der Waals surface area contributed by atoms with E-state index < -0.39 is 0 Å². The van der Waals surface area contributed by atoms with Crippen LogP contribution in [0, 0.1) is 0 Å². The Kier molecular flexibility index (Phi) is 4.52. The van der Waals surface area contributed by atoms with Crippen molar-refractivity contribution in [3.63, 3.8) is 0 Å². The van der Waals surface area contributed by atoms with Gasteiger partial charge < -0.3 is 14.8 Å². The van der Waals surface area contributed by atoms with Crippen molar-refractivity contribution in [1.29, 1.82) is 0 Å². The molecule has 4 aromatic rings. The summed E-state index contributed by atoms with van der Waals surface area (Å²) in [4.78, 5) is 13.2. The van der Waals surface area contributed by atoms with Gasteiger partial charge in [0.15, 0.2) is 11.5 Å². The van der Waals surface area contributed by atoms with Crippen LogP contribution in [-0.4, -0.2) is 33.6 Å². The van der Waals surface area contributed by atoms with Crippen LogP contribution in [0.15, 0.2) is 55.0 Å². The van der Waals surface area contributed by atoms with Gasteiger partial charge in [-0.05, 0) is 30.3 Å². The summed E-state index contributed by atoms with van der Waals surface area (Å²) >= 11 is 5.86. The highest BCUT2D eigenvalue weighted by atomic mass is 35.5. The van der Waals surface area contributed by atoms with E-state index in [1.54, 1.807) is 32.7 Å². The molecule has 136 valence electrons. The number of imidazole rings is 1. The quantitative estimate of drug-likeness (QED) is 0.522. The van der Waals surface area contributed by atoms with Crippen molar-refractivity contribution in [2.24, 2.45) is 0 Å². The Labute approximate surface area is 160 Å². The number of aromatic nitrogens is 4. The molecule has 0 atom stereocenters. The molecule has 3 aromatic heterocycles. The highest BCUT2D eigenvalue weighted by Gasteiger charge is 2.12. The summed E-state index contributed by atoms with van der Waals surface area (Å²) < 4.78 is 12.6. The number of nitrogens with one attached hydrogen (secondary N) is 1. The molecule has 8 heteroatoms. The van der Waals surface area contributed by atoms with Gasteiger partial charge >= 0.3 is 0 Å². The van der Waals surface area contributed by atoms with E-state index in [4.69, 9.17) is 26.1 Å². The van der Waals surface area contributed by atoms with Gasteiger partial charge in [0, 0.05) is 24.0 Å². The maximum absolute atomic E-state index is 5.86. The molecule has 0 bridgehead atoms. The largest absolute Gasteiger partial charge is 0.493 e. The lowest BCUT2D eigenvalue weighted by molar-refractivity contribution is 0.355. The number of hydrogen-bond acceptors (Lipinski definition) is 6. The number of methoxy groups -OCH3 is 2. The zero-order chi connectivity index (χ0) is 18.8. The topological polar surface area (TPSA) is 73.6 Å². The van der Waals surface area contributed by atoms with Gasteiger partial charge in [-0.15, -0.1) is 0 Å². The first-order valence-electron chi connectivity index (χ1n) is 8.13. The number of fused-ring (bicyclic) bond motifs is 1. The van der Waals surface area contributed by atoms with E-state index in [1.807, 2.05) is 40.9 Å². The average molecular weight is 382 g/mol. The monoisotopic (exact) mass is 381 g/mol. The van der Waals surface area contributed by atoms with Crippen molar-refractivity contribution in [1.82, 2.24) is 19.4 Å². The van der Waals surface area contributed by atoms with Crippen molar-refractivity contribution >= 4 is 28.9 Å². The van der Waals surface area contributed by atoms with E-state index in [-0.39, 0.29) is 0 Å². The molecule has 0 fully saturated rings. The summed E-state index contributed by atoms with van der Waals surface area (Å²) in [5.41, 5.74) is 3.17. The molecule has 7 nitrogen and oxygen atoms in total. The Morgan fingerprint density at radius 1 is 1.00 bits per heavy atom. The Morgan fingerprint density at radius 3 is 2.59 bits per heavy atom. The van der Waals surface area contributed by atoms with E-state index in [2.05, 4.69) is 15.3 Å². The molecule has 27 heavy (non-hydrogen) atoms. The first-order chi connectivity index (χ1) is 13.2. The van der Waals surface area contributed by atoms with Crippen molar-refractivity contribution < 1.29 is 9.47 Å². The van der Waals surface area contributed by atoms with Gasteiger partial charge in [0.25, 0.3) is 0 Å². The summed E-state index contributed by atoms with van der Waals surface area (Å²) in [6.45, 7) is 0. The Morgan fingerprint density at radius 2 is 1.85 bits per heavy atom. The van der Waals surface area contributed by atoms with Crippen molar-refractivity contribution in [3.05, 3.63) is 60.1 Å². The minimum atomic E-state index is 0.431. The van der Waals surface area contributed by atoms with Gasteiger partial charge in [-0.3, -0.25) is 4.40 Å². The molecular formula is C19H16ClN5O2. The van der Waals surface area contributed by atoms with E-state index in [9.17, 15) is 0 Å². The Hall–Kier alpha value is -3.32. The second-order valence-corrected chi connectivity index (χ2v) is 6.07. The second kappa shape index (κ2) is 7.13. The molecule has 0 radical (unpaired) electrons. The zero-order valence-electron chi connectivity index (χ0n) is 14.7. The predicted molar refractivity (Wildman–Crippen MR) is 104 cm³/mol. The zero-order valence-corrected chi connectivity index (χ0v) is 15.4. The highest BCUT2D eigenvalue weighted by Crippen LogP contribution is 2.32. The second-order valence-electron chi connectivity index (χ2n) is 5.68. The predicted octanol–water partition coefficient (Wildman–Crippen LogP) is 4.21. The van der Waals surface area contributed by atoms with E-state index in [0.717, 1.165) is 22.6 Å². The van der Waals surface area contributed by atoms with Crippen LogP contribution in [0.5, 0.6) is 11.5 Å². The molecule has 0 aliphatic carbocycles. The number of hydrogen-bond donors (Lipinski definition) is 1. The normalized spacial score (nSPS) is 10.8. The summed E-state index contributed by atoms with van der Waals surface area (Å²) in [6, 6.07) is 11.1. The van der Waals surface area contributed by atoms with E-state index in [0.29, 0.717) is 22.6 Å². The molecule has 3 heterocycles. The third kappa shape index (κ3) is 3.37. The van der Waals surface area contributed by atoms with Gasteiger partial charge in [0.05, 0.1) is 31.8 Å². The maximum atomic E-state index is 5.86. The molecular weight excluding hydrogens is 366 g/mol. The number of halogens is 1. The standard InChI is InChI=1S/C19H16ClN5O2/c1-26-15-5-3-12(9-16(15)27-2)14-10-18-21-7-8-25(18)19(24-14)23-13-4-6-17(20)22-11-13/h3-11H,1-2H3,(H,23,24). The third-order valence-electron chi connectivity index (χ3n) is 4.05. The fourth-order valence-electron chi connectivity index (χ4n) is 2.73. The van der Waals surface area contributed by atoms with Crippen LogP contribution in [0.1, 0.15) is 0 Å². The number of ether oxygens (including phenoxy) is 2. The minimum absolute atomic E-state index is 0.431. The van der Waals surface area contributed by atoms with Gasteiger partial charge in [-0.1, -0.05) is 11.6 Å². The van der Waals surface area contributed by atoms with Crippen LogP contribution >= 0.6 is 11.6 Å². The average Bonchev–Trinajstić information content (AvgIpc) is 3.18. The Bertz CT molecular complexity index is 1100. The molecule has 0 aliphatic rings. The number of rotatable bonds is 5. The Balaban J connectivity index is 1.79. The van der Waals surface area contributed by atoms with Crippen molar-refractivity contribution in [2.75, 3.05) is 19.5 Å². The van der Waals surface area contributed by atoms with Crippen molar-refractivity contribution in [2.45, 2.75) is 0 Å². The highest BCUT2D eigenvalue weighted by molar-refractivity contribution is 6.29. The molecule has 0 saturated heterocycles. The minimum Gasteiger partial charge on any atom is -0.493 e. The van der Waals surface area contributed by atoms with Crippen LogP contribution in [0.2, 0.25) is 5.15 Å². The number of anilines is 2. The molecule has 0 aliphatic heterocycles. The van der Waals surface area contributed by atoms with Crippen LogP contribution in [0.4, 0.5) is 11.6 Å². The lowest BCUT2D eigenvalue weighted by Crippen LogP contribution is -2.03. The molecule has 1 aromatic carbocycles. The number of benzene rings is 1. The molecule has 0 spiro atoms. The van der Waals surface area contributed by atoms with Gasteiger partial charge in [0.1, 0.15) is 10.8 Å². The van der Waals surface area contributed by atoms with Gasteiger partial charge in [-0.25, -0.2) is 15.0 Å². The molecule has 0 unspecified atom stereocenters. The van der Waals surface area contributed by atoms with Crippen molar-refractivity contribution in [3.8, 4) is 22.8 Å². The summed E-state index contributed by atoms with van der Waals surface area (Å²) in [5.74, 6) is 1.91. The lowest BCUT2D eigenvalue weighted by Gasteiger charge is -2.12. The lowest BCUT2D eigenvalue weighted by atomic mass is 10.1. The van der Waals surface area contributed by atoms with Crippen LogP contribution < -0.4 is 14.8 Å². The summed E-state index contributed by atoms with van der Waals surface area (Å²) in [7, 11) is 3.21. The smallest absolute Gasteiger partial charge is 0.213 e. The SMILES string of the molecule is COc1ccc(-c2cc3nccn3c(Nc3ccc(Cl)nc3)n2)cc1OC. The molecule has 0 saturated carbocycles. The number of nitrogens with zero attached hydrogens (tertiary/aromatic N) is 4. The van der Waals surface area contributed by atoms with Crippen LogP contribution in [0.25, 0.3) is 16.9 Å². The van der Waals surface area contributed by atoms with Gasteiger partial charge in [-0.2, -0.15) is 0 Å². The molecule has 1 N–H and O–H groups in total. The van der Waals surface area contributed by atoms with E-state index >= 15 is 0 Å². The summed E-state index contributed by atoms with van der Waals surface area (Å²) in [6.07, 6.45) is 5.21. The summed E-state index contributed by atoms with van der Waals surface area (Å²) in [5, 5.41) is 3.69. The van der Waals surface area contributed by atoms with Gasteiger partial charge in [0.2, 0.25) is 5.95 Å². The fourth-order valence-corrected chi connectivity index (χ4v) is 2.85. The van der Waals surface area contributed by atoms with Crippen LogP contribution in [-0.2, 0) is 0 Å². The maximum Gasteiger partial charge on any atom is 0.213 e. The molecule has 0 amide bonds. The first kappa shape index (κ1) is 17.1.